The molecule has 2 N–H and O–H groups in total. The van der Waals surface area contributed by atoms with Crippen LogP contribution < -0.4 is 16.4 Å². The fraction of sp³-hybridized carbons (Fsp3) is 0.526. The van der Waals surface area contributed by atoms with Crippen molar-refractivity contribution in [2.45, 2.75) is 52.5 Å². The number of benzene rings is 1. The summed E-state index contributed by atoms with van der Waals surface area (Å²) in [5.74, 6) is 0.392. The van der Waals surface area contributed by atoms with Crippen molar-refractivity contribution in [3.63, 3.8) is 0 Å². The highest BCUT2D eigenvalue weighted by molar-refractivity contribution is 5.80. The first kappa shape index (κ1) is 19.0. The largest absolute Gasteiger partial charge is 0.356 e. The number of aromatic amines is 1. The first-order valence-corrected chi connectivity index (χ1v) is 9.05. The number of hydrogen-bond acceptors (Lipinski definition) is 3. The number of aryl methyl sites for hydroxylation is 1. The van der Waals surface area contributed by atoms with Gasteiger partial charge in [-0.1, -0.05) is 45.2 Å². The van der Waals surface area contributed by atoms with Gasteiger partial charge < -0.3 is 5.32 Å². The number of nitrogens with zero attached hydrogens (tertiary/aromatic N) is 1. The Kier molecular flexibility index (Phi) is 6.98. The van der Waals surface area contributed by atoms with E-state index in [1.54, 1.807) is 24.3 Å². The van der Waals surface area contributed by atoms with E-state index in [0.29, 0.717) is 23.2 Å². The van der Waals surface area contributed by atoms with Crippen LogP contribution in [0.5, 0.6) is 0 Å². The third-order valence-corrected chi connectivity index (χ3v) is 4.58. The molecule has 0 aliphatic rings. The molecule has 2 aromatic rings. The predicted octanol–water partition coefficient (Wildman–Crippen LogP) is 2.41. The van der Waals surface area contributed by atoms with Crippen LogP contribution in [0.3, 0.4) is 0 Å². The Morgan fingerprint density at radius 3 is 2.60 bits per heavy atom. The monoisotopic (exact) mass is 345 g/mol. The number of amides is 1. The van der Waals surface area contributed by atoms with Crippen molar-refractivity contribution in [3.05, 3.63) is 45.0 Å². The lowest BCUT2D eigenvalue weighted by Gasteiger charge is -2.15. The average molecular weight is 345 g/mol. The molecule has 1 unspecified atom stereocenters. The van der Waals surface area contributed by atoms with Crippen LogP contribution >= 0.6 is 0 Å². The van der Waals surface area contributed by atoms with Crippen LogP contribution in [-0.4, -0.2) is 22.2 Å². The van der Waals surface area contributed by atoms with Gasteiger partial charge in [-0.2, -0.15) is 0 Å². The van der Waals surface area contributed by atoms with Gasteiger partial charge in [0.25, 0.3) is 11.1 Å². The molecule has 0 spiro atoms. The molecule has 1 heterocycles. The second-order valence-corrected chi connectivity index (χ2v) is 6.41. The number of hydrogen-bond donors (Lipinski definition) is 2. The highest BCUT2D eigenvalue weighted by Crippen LogP contribution is 2.11. The van der Waals surface area contributed by atoms with Gasteiger partial charge in [0.05, 0.1) is 17.3 Å². The van der Waals surface area contributed by atoms with E-state index in [1.165, 1.54) is 11.1 Å². The maximum atomic E-state index is 12.4. The van der Waals surface area contributed by atoms with Crippen molar-refractivity contribution in [3.8, 4) is 0 Å². The maximum Gasteiger partial charge on any atom is 0.273 e. The first-order chi connectivity index (χ1) is 12.1. The molecule has 0 aliphatic heterocycles. The fourth-order valence-corrected chi connectivity index (χ4v) is 2.91. The number of carbonyl (C=O) groups excluding carboxylic acids is 1. The van der Waals surface area contributed by atoms with Crippen LogP contribution in [0.2, 0.25) is 0 Å². The summed E-state index contributed by atoms with van der Waals surface area (Å²) in [4.78, 5) is 36.5. The van der Waals surface area contributed by atoms with Crippen LogP contribution in [0.15, 0.2) is 33.9 Å². The molecule has 1 atom stereocenters. The Bertz CT molecular complexity index is 823. The van der Waals surface area contributed by atoms with Gasteiger partial charge in [-0.25, -0.2) is 4.68 Å². The molecule has 0 radical (unpaired) electrons. The van der Waals surface area contributed by atoms with Crippen LogP contribution in [0.25, 0.3) is 10.8 Å². The number of fused-ring (bicyclic) bond motifs is 1. The standard InChI is InChI=1S/C19H27N3O3/c1-3-5-8-14(4-2)13-20-17(23)11-12-22-19(25)16-10-7-6-9-15(16)18(24)21-22/h6-7,9-10,14H,3-5,8,11-13H2,1-2H3,(H,20,23)(H,21,24). The number of nitrogens with one attached hydrogen (secondary N) is 2. The molecule has 136 valence electrons. The summed E-state index contributed by atoms with van der Waals surface area (Å²) < 4.78 is 1.22. The topological polar surface area (TPSA) is 84.0 Å². The van der Waals surface area contributed by atoms with Crippen LogP contribution in [0.1, 0.15) is 46.0 Å². The zero-order valence-corrected chi connectivity index (χ0v) is 15.0. The van der Waals surface area contributed by atoms with Gasteiger partial charge in [0.1, 0.15) is 0 Å². The maximum absolute atomic E-state index is 12.4. The number of H-pyrrole nitrogens is 1. The zero-order chi connectivity index (χ0) is 18.2. The lowest BCUT2D eigenvalue weighted by molar-refractivity contribution is -0.121. The van der Waals surface area contributed by atoms with Crippen molar-refractivity contribution < 1.29 is 4.79 Å². The molecule has 6 nitrogen and oxygen atoms in total. The molecular formula is C19H27N3O3. The quantitative estimate of drug-likeness (QED) is 0.732. The normalized spacial score (nSPS) is 12.2. The summed E-state index contributed by atoms with van der Waals surface area (Å²) >= 11 is 0. The van der Waals surface area contributed by atoms with Gasteiger partial charge in [0.2, 0.25) is 5.91 Å². The van der Waals surface area contributed by atoms with E-state index >= 15 is 0 Å². The predicted molar refractivity (Wildman–Crippen MR) is 99.8 cm³/mol. The van der Waals surface area contributed by atoms with E-state index < -0.39 is 0 Å². The van der Waals surface area contributed by atoms with Crippen molar-refractivity contribution in [2.75, 3.05) is 6.54 Å². The summed E-state index contributed by atoms with van der Waals surface area (Å²) in [7, 11) is 0. The fourth-order valence-electron chi connectivity index (χ4n) is 2.91. The van der Waals surface area contributed by atoms with E-state index in [0.717, 1.165) is 19.3 Å². The first-order valence-electron chi connectivity index (χ1n) is 9.05. The number of unbranched alkanes of at least 4 members (excludes halogenated alkanes) is 1. The molecule has 25 heavy (non-hydrogen) atoms. The van der Waals surface area contributed by atoms with Gasteiger partial charge in [-0.15, -0.1) is 0 Å². The van der Waals surface area contributed by atoms with Crippen molar-refractivity contribution in [1.82, 2.24) is 15.1 Å². The number of rotatable bonds is 9. The lowest BCUT2D eigenvalue weighted by atomic mass is 9.99. The summed E-state index contributed by atoms with van der Waals surface area (Å²) in [6.07, 6.45) is 4.64. The molecule has 0 fully saturated rings. The molecule has 0 bridgehead atoms. The minimum atomic E-state index is -0.318. The van der Waals surface area contributed by atoms with E-state index in [2.05, 4.69) is 24.3 Å². The SMILES string of the molecule is CCCCC(CC)CNC(=O)CCn1[nH]c(=O)c2ccccc2c1=O. The molecule has 1 aromatic carbocycles. The Hall–Kier alpha value is -2.37. The lowest BCUT2D eigenvalue weighted by Crippen LogP contribution is -2.33. The molecule has 0 saturated carbocycles. The van der Waals surface area contributed by atoms with E-state index in [4.69, 9.17) is 0 Å². The summed E-state index contributed by atoms with van der Waals surface area (Å²) in [6.45, 7) is 5.12. The molecule has 0 saturated heterocycles. The minimum Gasteiger partial charge on any atom is -0.356 e. The second kappa shape index (κ2) is 9.20. The molecule has 6 heteroatoms. The minimum absolute atomic E-state index is 0.101. The number of carbonyl (C=O) groups is 1. The van der Waals surface area contributed by atoms with Gasteiger partial charge in [0, 0.05) is 13.0 Å². The highest BCUT2D eigenvalue weighted by Gasteiger charge is 2.10. The van der Waals surface area contributed by atoms with Crippen LogP contribution in [0, 0.1) is 5.92 Å². The number of aromatic nitrogens is 2. The van der Waals surface area contributed by atoms with Gasteiger partial charge >= 0.3 is 0 Å². The molecule has 1 amide bonds. The molecular weight excluding hydrogens is 318 g/mol. The summed E-state index contributed by atoms with van der Waals surface area (Å²) in [6, 6.07) is 6.69. The highest BCUT2D eigenvalue weighted by atomic mass is 16.2. The van der Waals surface area contributed by atoms with Crippen LogP contribution in [-0.2, 0) is 11.3 Å². The molecule has 0 aliphatic carbocycles. The molecule has 2 rings (SSSR count). The van der Waals surface area contributed by atoms with Gasteiger partial charge in [-0.3, -0.25) is 19.5 Å². The van der Waals surface area contributed by atoms with E-state index in [1.807, 2.05) is 0 Å². The van der Waals surface area contributed by atoms with Crippen molar-refractivity contribution in [2.24, 2.45) is 5.92 Å². The van der Waals surface area contributed by atoms with Crippen molar-refractivity contribution in [1.29, 1.82) is 0 Å². The van der Waals surface area contributed by atoms with Crippen LogP contribution in [0.4, 0.5) is 0 Å². The Morgan fingerprint density at radius 1 is 1.20 bits per heavy atom. The van der Waals surface area contributed by atoms with E-state index in [-0.39, 0.29) is 30.0 Å². The second-order valence-electron chi connectivity index (χ2n) is 6.41. The Labute approximate surface area is 147 Å². The third kappa shape index (κ3) is 5.05. The smallest absolute Gasteiger partial charge is 0.273 e. The summed E-state index contributed by atoms with van der Waals surface area (Å²) in [5, 5.41) is 6.23. The summed E-state index contributed by atoms with van der Waals surface area (Å²) in [5.41, 5.74) is -0.599. The van der Waals surface area contributed by atoms with Gasteiger partial charge in [0.15, 0.2) is 0 Å². The zero-order valence-electron chi connectivity index (χ0n) is 15.0. The van der Waals surface area contributed by atoms with Gasteiger partial charge in [-0.05, 0) is 24.5 Å². The average Bonchev–Trinajstić information content (AvgIpc) is 2.63. The van der Waals surface area contributed by atoms with E-state index in [9.17, 15) is 14.4 Å². The Balaban J connectivity index is 1.96. The van der Waals surface area contributed by atoms with Crippen molar-refractivity contribution >= 4 is 16.7 Å². The Morgan fingerprint density at radius 2 is 1.92 bits per heavy atom. The third-order valence-electron chi connectivity index (χ3n) is 4.58. The molecule has 1 aromatic heterocycles.